The fourth-order valence-corrected chi connectivity index (χ4v) is 3.18. The summed E-state index contributed by atoms with van der Waals surface area (Å²) in [5, 5.41) is 7.88. The molecule has 2 aliphatic rings. The van der Waals surface area contributed by atoms with Crippen LogP contribution in [0.4, 0.5) is 0 Å². The second-order valence-corrected chi connectivity index (χ2v) is 6.27. The molecular formula is C15H27N5. The molecule has 1 aromatic rings. The van der Waals surface area contributed by atoms with E-state index in [1.165, 1.54) is 45.3 Å². The van der Waals surface area contributed by atoms with Gasteiger partial charge in [-0.1, -0.05) is 6.92 Å². The predicted octanol–water partition coefficient (Wildman–Crippen LogP) is 1.65. The highest BCUT2D eigenvalue weighted by Crippen LogP contribution is 2.29. The first-order valence-corrected chi connectivity index (χ1v) is 8.18. The molecule has 0 bridgehead atoms. The Labute approximate surface area is 121 Å². The number of nitrogens with zero attached hydrogens (tertiary/aromatic N) is 4. The number of nitrogens with one attached hydrogen (secondary N) is 1. The van der Waals surface area contributed by atoms with Gasteiger partial charge in [-0.3, -0.25) is 4.90 Å². The highest BCUT2D eigenvalue weighted by molar-refractivity contribution is 4.92. The van der Waals surface area contributed by atoms with Gasteiger partial charge in [-0.2, -0.15) is 5.10 Å². The van der Waals surface area contributed by atoms with Gasteiger partial charge in [0.15, 0.2) is 0 Å². The lowest BCUT2D eigenvalue weighted by molar-refractivity contribution is 0.186. The number of piperidine rings is 1. The highest BCUT2D eigenvalue weighted by Gasteiger charge is 2.31. The molecular weight excluding hydrogens is 250 g/mol. The van der Waals surface area contributed by atoms with Gasteiger partial charge in [0.2, 0.25) is 0 Å². The van der Waals surface area contributed by atoms with Crippen molar-refractivity contribution in [2.24, 2.45) is 5.92 Å². The van der Waals surface area contributed by atoms with Crippen LogP contribution in [0.15, 0.2) is 6.33 Å². The van der Waals surface area contributed by atoms with Gasteiger partial charge in [-0.25, -0.2) is 9.67 Å². The summed E-state index contributed by atoms with van der Waals surface area (Å²) in [5.74, 6) is 1.95. The van der Waals surface area contributed by atoms with Crippen LogP contribution in [-0.2, 0) is 13.1 Å². The Balaban J connectivity index is 1.60. The van der Waals surface area contributed by atoms with Gasteiger partial charge in [0.1, 0.15) is 12.2 Å². The molecule has 0 amide bonds. The third kappa shape index (κ3) is 3.58. The summed E-state index contributed by atoms with van der Waals surface area (Å²) in [7, 11) is 0. The zero-order valence-corrected chi connectivity index (χ0v) is 12.6. The van der Waals surface area contributed by atoms with Crippen molar-refractivity contribution in [1.82, 2.24) is 25.0 Å². The third-order valence-electron chi connectivity index (χ3n) is 4.43. The first kappa shape index (κ1) is 14.0. The van der Waals surface area contributed by atoms with Crippen molar-refractivity contribution in [2.45, 2.75) is 58.2 Å². The summed E-state index contributed by atoms with van der Waals surface area (Å²) < 4.78 is 2.08. The van der Waals surface area contributed by atoms with Gasteiger partial charge in [0.25, 0.3) is 0 Å². The van der Waals surface area contributed by atoms with Gasteiger partial charge >= 0.3 is 0 Å². The summed E-state index contributed by atoms with van der Waals surface area (Å²) in [6.07, 6.45) is 8.25. The molecule has 1 aromatic heterocycles. The number of hydrogen-bond donors (Lipinski definition) is 1. The largest absolute Gasteiger partial charge is 0.316 e. The summed E-state index contributed by atoms with van der Waals surface area (Å²) >= 11 is 0. The predicted molar refractivity (Wildman–Crippen MR) is 79.3 cm³/mol. The molecule has 1 N–H and O–H groups in total. The molecule has 5 heteroatoms. The minimum atomic E-state index is 0.795. The van der Waals surface area contributed by atoms with Gasteiger partial charge in [0, 0.05) is 19.1 Å². The Morgan fingerprint density at radius 2 is 2.30 bits per heavy atom. The second kappa shape index (κ2) is 6.68. The quantitative estimate of drug-likeness (QED) is 0.823. The molecule has 2 heterocycles. The van der Waals surface area contributed by atoms with Crippen molar-refractivity contribution < 1.29 is 0 Å². The Morgan fingerprint density at radius 3 is 3.00 bits per heavy atom. The molecule has 1 aliphatic carbocycles. The number of aryl methyl sites for hydroxylation is 1. The van der Waals surface area contributed by atoms with E-state index in [0.717, 1.165) is 37.3 Å². The highest BCUT2D eigenvalue weighted by atomic mass is 15.4. The molecule has 2 fully saturated rings. The smallest absolute Gasteiger partial charge is 0.141 e. The monoisotopic (exact) mass is 277 g/mol. The molecule has 1 atom stereocenters. The average molecular weight is 277 g/mol. The molecule has 1 saturated heterocycles. The maximum absolute atomic E-state index is 4.47. The van der Waals surface area contributed by atoms with Crippen LogP contribution in [0.2, 0.25) is 0 Å². The van der Waals surface area contributed by atoms with Crippen LogP contribution >= 0.6 is 0 Å². The topological polar surface area (TPSA) is 46.0 Å². The van der Waals surface area contributed by atoms with E-state index in [0.29, 0.717) is 0 Å². The Kier molecular flexibility index (Phi) is 4.68. The van der Waals surface area contributed by atoms with E-state index < -0.39 is 0 Å². The Morgan fingerprint density at radius 1 is 1.40 bits per heavy atom. The maximum Gasteiger partial charge on any atom is 0.141 e. The van der Waals surface area contributed by atoms with E-state index in [4.69, 9.17) is 0 Å². The molecule has 1 unspecified atom stereocenters. The van der Waals surface area contributed by atoms with Crippen LogP contribution in [0.1, 0.15) is 44.9 Å². The summed E-state index contributed by atoms with van der Waals surface area (Å²) in [6.45, 7) is 7.75. The molecule has 0 radical (unpaired) electrons. The number of rotatable bonds is 7. The first-order chi connectivity index (χ1) is 9.86. The summed E-state index contributed by atoms with van der Waals surface area (Å²) in [4.78, 5) is 7.12. The fraction of sp³-hybridized carbons (Fsp3) is 0.867. The Hall–Kier alpha value is -0.940. The molecule has 3 rings (SSSR count). The molecule has 1 saturated carbocycles. The maximum atomic E-state index is 4.47. The lowest BCUT2D eigenvalue weighted by Crippen LogP contribution is -2.39. The van der Waals surface area contributed by atoms with E-state index in [1.807, 2.05) is 0 Å². The Bertz CT molecular complexity index is 406. The lowest BCUT2D eigenvalue weighted by atomic mass is 9.99. The van der Waals surface area contributed by atoms with Crippen molar-refractivity contribution in [2.75, 3.05) is 19.6 Å². The first-order valence-electron chi connectivity index (χ1n) is 8.18. The second-order valence-electron chi connectivity index (χ2n) is 6.27. The van der Waals surface area contributed by atoms with Gasteiger partial charge in [-0.15, -0.1) is 0 Å². The molecule has 0 spiro atoms. The van der Waals surface area contributed by atoms with Crippen molar-refractivity contribution in [3.8, 4) is 0 Å². The average Bonchev–Trinajstić information content (AvgIpc) is 3.23. The van der Waals surface area contributed by atoms with Crippen molar-refractivity contribution in [1.29, 1.82) is 0 Å². The molecule has 20 heavy (non-hydrogen) atoms. The lowest BCUT2D eigenvalue weighted by Gasteiger charge is -2.30. The number of hydrogen-bond acceptors (Lipinski definition) is 4. The van der Waals surface area contributed by atoms with Gasteiger partial charge < -0.3 is 5.32 Å². The minimum Gasteiger partial charge on any atom is -0.316 e. The molecule has 112 valence electrons. The van der Waals surface area contributed by atoms with Gasteiger partial charge in [-0.05, 0) is 51.1 Å². The molecule has 5 nitrogen and oxygen atoms in total. The van der Waals surface area contributed by atoms with E-state index in [9.17, 15) is 0 Å². The van der Waals surface area contributed by atoms with Crippen molar-refractivity contribution >= 4 is 0 Å². The standard InChI is InChI=1S/C15H27N5/c1-2-8-20-15(17-12-18-20)11-19(14-5-6-14)10-13-4-3-7-16-9-13/h12-14,16H,2-11H2,1H3. The molecule has 1 aliphatic heterocycles. The van der Waals surface area contributed by atoms with Crippen molar-refractivity contribution in [3.63, 3.8) is 0 Å². The van der Waals surface area contributed by atoms with Crippen LogP contribution in [0.3, 0.4) is 0 Å². The van der Waals surface area contributed by atoms with Crippen molar-refractivity contribution in [3.05, 3.63) is 12.2 Å². The van der Waals surface area contributed by atoms with Crippen LogP contribution in [0.25, 0.3) is 0 Å². The van der Waals surface area contributed by atoms with Gasteiger partial charge in [0.05, 0.1) is 6.54 Å². The van der Waals surface area contributed by atoms with E-state index in [1.54, 1.807) is 6.33 Å². The SMILES string of the molecule is CCCn1ncnc1CN(CC1CCCNC1)C1CC1. The minimum absolute atomic E-state index is 0.795. The van der Waals surface area contributed by atoms with Crippen LogP contribution in [0, 0.1) is 5.92 Å². The van der Waals surface area contributed by atoms with Crippen LogP contribution in [-0.4, -0.2) is 45.3 Å². The van der Waals surface area contributed by atoms with E-state index in [2.05, 4.69) is 31.9 Å². The summed E-state index contributed by atoms with van der Waals surface area (Å²) in [6, 6.07) is 0.795. The van der Waals surface area contributed by atoms with E-state index in [-0.39, 0.29) is 0 Å². The van der Waals surface area contributed by atoms with E-state index >= 15 is 0 Å². The van der Waals surface area contributed by atoms with Crippen LogP contribution in [0.5, 0.6) is 0 Å². The zero-order chi connectivity index (χ0) is 13.8. The third-order valence-corrected chi connectivity index (χ3v) is 4.43. The fourth-order valence-electron chi connectivity index (χ4n) is 3.18. The summed E-state index contributed by atoms with van der Waals surface area (Å²) in [5.41, 5.74) is 0. The normalized spacial score (nSPS) is 23.4. The van der Waals surface area contributed by atoms with Crippen LogP contribution < -0.4 is 5.32 Å². The zero-order valence-electron chi connectivity index (χ0n) is 12.6. The number of aromatic nitrogens is 3. The molecule has 0 aromatic carbocycles.